The molecule has 3 rings (SSSR count). The van der Waals surface area contributed by atoms with E-state index in [9.17, 15) is 14.7 Å². The van der Waals surface area contributed by atoms with E-state index in [1.54, 1.807) is 19.1 Å². The van der Waals surface area contributed by atoms with E-state index >= 15 is 0 Å². The number of hydrogen-bond acceptors (Lipinski definition) is 6. The number of amides is 3. The largest absolute Gasteiger partial charge is 0.503 e. The average Bonchev–Trinajstić information content (AvgIpc) is 2.96. The molecule has 1 aliphatic rings. The van der Waals surface area contributed by atoms with E-state index in [0.717, 1.165) is 16.8 Å². The number of ether oxygens (including phenoxy) is 1. The van der Waals surface area contributed by atoms with Crippen molar-refractivity contribution in [3.05, 3.63) is 55.9 Å². The van der Waals surface area contributed by atoms with Gasteiger partial charge in [-0.3, -0.25) is 4.79 Å². The normalized spacial score (nSPS) is 14.8. The van der Waals surface area contributed by atoms with Crippen LogP contribution in [0.25, 0.3) is 6.08 Å². The van der Waals surface area contributed by atoms with Crippen LogP contribution in [0, 0.1) is 0 Å². The highest BCUT2D eigenvalue weighted by Gasteiger charge is 2.33. The Morgan fingerprint density at radius 2 is 1.97 bits per heavy atom. The van der Waals surface area contributed by atoms with Gasteiger partial charge in [0.1, 0.15) is 0 Å². The summed E-state index contributed by atoms with van der Waals surface area (Å²) in [6.07, 6.45) is 1.53. The van der Waals surface area contributed by atoms with Gasteiger partial charge in [0.15, 0.2) is 15.8 Å². The molecule has 1 heterocycles. The van der Waals surface area contributed by atoms with Crippen LogP contribution in [0.4, 0.5) is 10.5 Å². The number of aromatic hydroxyl groups is 1. The molecule has 1 fully saturated rings. The molecule has 3 N–H and O–H groups in total. The number of thiocarbonyl (C=S) groups is 1. The van der Waals surface area contributed by atoms with Crippen molar-refractivity contribution < 1.29 is 19.4 Å². The van der Waals surface area contributed by atoms with Gasteiger partial charge in [-0.25, -0.2) is 10.2 Å². The number of hydrazine groups is 1. The van der Waals surface area contributed by atoms with Gasteiger partial charge in [0, 0.05) is 5.69 Å². The molecule has 0 atom stereocenters. The van der Waals surface area contributed by atoms with Gasteiger partial charge >= 0.3 is 6.03 Å². The van der Waals surface area contributed by atoms with Gasteiger partial charge < -0.3 is 15.2 Å². The number of nitrogens with zero attached hydrogens (tertiary/aromatic N) is 1. The minimum atomic E-state index is -0.692. The number of phenols is 1. The lowest BCUT2D eigenvalue weighted by Crippen LogP contribution is -2.46. The Kier molecular flexibility index (Phi) is 7.55. The Balaban J connectivity index is 1.74. The number of anilines is 1. The number of thioether (sulfide) groups is 1. The summed E-state index contributed by atoms with van der Waals surface area (Å²) >= 11 is 24.0. The van der Waals surface area contributed by atoms with Crippen molar-refractivity contribution in [2.75, 3.05) is 11.9 Å². The highest BCUT2D eigenvalue weighted by atomic mass is 35.5. The molecule has 31 heavy (non-hydrogen) atoms. The standard InChI is InChI=1S/C19H14Cl3N3O4S2/c1-2-29-14-6-9(5-13(22)16(14)26)7-15-17(27)25(19(30)31-15)24-18(28)23-10-3-4-11(20)12(21)8-10/h3-8,26H,2H2,1H3,(H2,23,24,28)/b15-7-. The average molecular weight is 519 g/mol. The minimum absolute atomic E-state index is 0.0757. The van der Waals surface area contributed by atoms with Gasteiger partial charge in [-0.1, -0.05) is 46.6 Å². The third-order valence-electron chi connectivity index (χ3n) is 3.83. The van der Waals surface area contributed by atoms with Crippen molar-refractivity contribution in [2.24, 2.45) is 0 Å². The Morgan fingerprint density at radius 1 is 1.23 bits per heavy atom. The molecule has 3 amide bonds. The second-order valence-corrected chi connectivity index (χ2v) is 8.89. The topological polar surface area (TPSA) is 90.9 Å². The molecule has 0 aromatic heterocycles. The first-order valence-electron chi connectivity index (χ1n) is 8.65. The first-order valence-corrected chi connectivity index (χ1v) is 11.0. The van der Waals surface area contributed by atoms with Crippen LogP contribution in [0.2, 0.25) is 15.1 Å². The summed E-state index contributed by atoms with van der Waals surface area (Å²) in [4.78, 5) is 25.3. The molecule has 1 aliphatic heterocycles. The van der Waals surface area contributed by atoms with Crippen molar-refractivity contribution in [3.63, 3.8) is 0 Å². The molecule has 0 radical (unpaired) electrons. The Hall–Kier alpha value is -2.17. The summed E-state index contributed by atoms with van der Waals surface area (Å²) in [6.45, 7) is 2.09. The van der Waals surface area contributed by atoms with E-state index in [1.165, 1.54) is 24.3 Å². The zero-order chi connectivity index (χ0) is 22.7. The second-order valence-electron chi connectivity index (χ2n) is 5.99. The number of benzene rings is 2. The van der Waals surface area contributed by atoms with E-state index < -0.39 is 11.9 Å². The lowest BCUT2D eigenvalue weighted by atomic mass is 10.2. The fourth-order valence-electron chi connectivity index (χ4n) is 2.49. The summed E-state index contributed by atoms with van der Waals surface area (Å²) in [5.41, 5.74) is 3.30. The maximum atomic E-state index is 12.7. The molecule has 2 aromatic carbocycles. The van der Waals surface area contributed by atoms with Crippen LogP contribution in [-0.4, -0.2) is 33.0 Å². The van der Waals surface area contributed by atoms with Gasteiger partial charge in [-0.2, -0.15) is 5.01 Å². The van der Waals surface area contributed by atoms with E-state index in [0.29, 0.717) is 22.9 Å². The zero-order valence-electron chi connectivity index (χ0n) is 15.7. The molecule has 0 saturated carbocycles. The maximum absolute atomic E-state index is 12.7. The monoisotopic (exact) mass is 517 g/mol. The fraction of sp³-hybridized carbons (Fsp3) is 0.105. The Labute approximate surface area is 202 Å². The number of hydrogen-bond donors (Lipinski definition) is 3. The molecular formula is C19H14Cl3N3O4S2. The van der Waals surface area contributed by atoms with Crippen LogP contribution >= 0.6 is 58.8 Å². The summed E-state index contributed by atoms with van der Waals surface area (Å²) in [6, 6.07) is 6.89. The third-order valence-corrected chi connectivity index (χ3v) is 6.16. The van der Waals surface area contributed by atoms with E-state index in [1.807, 2.05) is 0 Å². The smallest absolute Gasteiger partial charge is 0.338 e. The molecule has 12 heteroatoms. The molecule has 1 saturated heterocycles. The highest BCUT2D eigenvalue weighted by molar-refractivity contribution is 8.26. The summed E-state index contributed by atoms with van der Waals surface area (Å²) in [5, 5.41) is 14.1. The quantitative estimate of drug-likeness (QED) is 0.348. The van der Waals surface area contributed by atoms with Gasteiger partial charge in [-0.15, -0.1) is 0 Å². The third kappa shape index (κ3) is 5.55. The van der Waals surface area contributed by atoms with Gasteiger partial charge in [-0.05, 0) is 61.1 Å². The number of halogens is 3. The van der Waals surface area contributed by atoms with E-state index in [2.05, 4.69) is 10.7 Å². The van der Waals surface area contributed by atoms with E-state index in [-0.39, 0.29) is 30.8 Å². The second kappa shape index (κ2) is 9.97. The van der Waals surface area contributed by atoms with Crippen molar-refractivity contribution >= 4 is 86.8 Å². The molecule has 7 nitrogen and oxygen atoms in total. The van der Waals surface area contributed by atoms with Crippen molar-refractivity contribution in [1.29, 1.82) is 0 Å². The van der Waals surface area contributed by atoms with Gasteiger partial charge in [0.2, 0.25) is 0 Å². The van der Waals surface area contributed by atoms with Crippen LogP contribution < -0.4 is 15.5 Å². The molecule has 0 aliphatic carbocycles. The predicted molar refractivity (Wildman–Crippen MR) is 128 cm³/mol. The molecule has 2 aromatic rings. The van der Waals surface area contributed by atoms with Gasteiger partial charge in [0.05, 0.1) is 26.6 Å². The number of urea groups is 1. The summed E-state index contributed by atoms with van der Waals surface area (Å²) in [5.74, 6) is -0.522. The maximum Gasteiger partial charge on any atom is 0.338 e. The SMILES string of the molecule is CCOc1cc(/C=C2\SC(=S)N(NC(=O)Nc3ccc(Cl)c(Cl)c3)C2=O)cc(Cl)c1O. The van der Waals surface area contributed by atoms with Crippen LogP contribution in [0.15, 0.2) is 35.2 Å². The van der Waals surface area contributed by atoms with Crippen molar-refractivity contribution in [3.8, 4) is 11.5 Å². The first kappa shape index (κ1) is 23.5. The van der Waals surface area contributed by atoms with Crippen LogP contribution in [0.5, 0.6) is 11.5 Å². The first-order chi connectivity index (χ1) is 14.7. The number of rotatable bonds is 5. The van der Waals surface area contributed by atoms with Crippen LogP contribution in [0.3, 0.4) is 0 Å². The van der Waals surface area contributed by atoms with Crippen LogP contribution in [0.1, 0.15) is 12.5 Å². The number of nitrogens with one attached hydrogen (secondary N) is 2. The lowest BCUT2D eigenvalue weighted by molar-refractivity contribution is -0.123. The van der Waals surface area contributed by atoms with Crippen molar-refractivity contribution in [2.45, 2.75) is 6.92 Å². The summed E-state index contributed by atoms with van der Waals surface area (Å²) in [7, 11) is 0. The number of carbonyl (C=O) groups excluding carboxylic acids is 2. The predicted octanol–water partition coefficient (Wildman–Crippen LogP) is 5.69. The lowest BCUT2D eigenvalue weighted by Gasteiger charge is -2.16. The molecule has 0 unspecified atom stereocenters. The fourth-order valence-corrected chi connectivity index (χ4v) is 4.19. The molecule has 0 bridgehead atoms. The molecule has 0 spiro atoms. The zero-order valence-corrected chi connectivity index (χ0v) is 19.6. The van der Waals surface area contributed by atoms with E-state index in [4.69, 9.17) is 51.8 Å². The van der Waals surface area contributed by atoms with Crippen LogP contribution in [-0.2, 0) is 4.79 Å². The van der Waals surface area contributed by atoms with Crippen molar-refractivity contribution in [1.82, 2.24) is 10.4 Å². The molecule has 162 valence electrons. The Bertz CT molecular complexity index is 1110. The summed E-state index contributed by atoms with van der Waals surface area (Å²) < 4.78 is 5.48. The highest BCUT2D eigenvalue weighted by Crippen LogP contribution is 2.38. The number of phenolic OH excluding ortho intramolecular Hbond substituents is 1. The molecular weight excluding hydrogens is 505 g/mol. The minimum Gasteiger partial charge on any atom is -0.503 e. The van der Waals surface area contributed by atoms with Gasteiger partial charge in [0.25, 0.3) is 5.91 Å². The number of carbonyl (C=O) groups is 2. The Morgan fingerprint density at radius 3 is 2.65 bits per heavy atom.